The number of amides is 2. The Kier molecular flexibility index (Phi) is 3.82. The van der Waals surface area contributed by atoms with E-state index in [1.165, 1.54) is 18.6 Å². The summed E-state index contributed by atoms with van der Waals surface area (Å²) in [7, 11) is 1.79. The smallest absolute Gasteiger partial charge is 0.271 e. The number of rotatable bonds is 3. The van der Waals surface area contributed by atoms with Crippen LogP contribution in [0, 0.1) is 0 Å². The van der Waals surface area contributed by atoms with Crippen molar-refractivity contribution < 1.29 is 9.59 Å². The summed E-state index contributed by atoms with van der Waals surface area (Å²) in [6, 6.07) is 5.89. The number of aryl methyl sites for hydroxylation is 1. The molecule has 0 unspecified atom stereocenters. The summed E-state index contributed by atoms with van der Waals surface area (Å²) >= 11 is 0. The van der Waals surface area contributed by atoms with Crippen molar-refractivity contribution >= 4 is 17.5 Å². The molecule has 22 heavy (non-hydrogen) atoms. The van der Waals surface area contributed by atoms with Crippen LogP contribution < -0.4 is 10.2 Å². The molecule has 0 spiro atoms. The number of nitrogens with zero attached hydrogens (tertiary/aromatic N) is 3. The first-order valence-corrected chi connectivity index (χ1v) is 7.08. The SMILES string of the molecule is CN1C(=O)CCc2cc(CNC(=O)c3cnccn3)ccc21. The largest absolute Gasteiger partial charge is 0.347 e. The molecule has 1 aromatic heterocycles. The van der Waals surface area contributed by atoms with E-state index >= 15 is 0 Å². The Bertz CT molecular complexity index is 715. The molecule has 1 aliphatic rings. The maximum atomic E-state index is 11.9. The van der Waals surface area contributed by atoms with Gasteiger partial charge in [-0.2, -0.15) is 0 Å². The molecular formula is C16H16N4O2. The van der Waals surface area contributed by atoms with Crippen LogP contribution in [0.25, 0.3) is 0 Å². The van der Waals surface area contributed by atoms with Crippen LogP contribution in [0.4, 0.5) is 5.69 Å². The summed E-state index contributed by atoms with van der Waals surface area (Å²) in [5.74, 6) is -0.116. The van der Waals surface area contributed by atoms with Crippen molar-refractivity contribution in [1.29, 1.82) is 0 Å². The number of hydrogen-bond acceptors (Lipinski definition) is 4. The molecule has 2 heterocycles. The minimum Gasteiger partial charge on any atom is -0.347 e. The minimum atomic E-state index is -0.252. The average molecular weight is 296 g/mol. The van der Waals surface area contributed by atoms with Crippen LogP contribution in [0.3, 0.4) is 0 Å². The van der Waals surface area contributed by atoms with Gasteiger partial charge < -0.3 is 10.2 Å². The molecule has 2 aromatic rings. The van der Waals surface area contributed by atoms with Crippen LogP contribution in [0.2, 0.25) is 0 Å². The predicted octanol–water partition coefficient (Wildman–Crippen LogP) is 1.32. The molecule has 3 rings (SSSR count). The van der Waals surface area contributed by atoms with E-state index < -0.39 is 0 Å². The number of hydrogen-bond donors (Lipinski definition) is 1. The normalized spacial score (nSPS) is 13.7. The number of nitrogens with one attached hydrogen (secondary N) is 1. The Morgan fingerprint density at radius 2 is 2.18 bits per heavy atom. The van der Waals surface area contributed by atoms with Gasteiger partial charge in [-0.25, -0.2) is 4.98 Å². The number of fused-ring (bicyclic) bond motifs is 1. The molecule has 112 valence electrons. The lowest BCUT2D eigenvalue weighted by Gasteiger charge is -2.26. The van der Waals surface area contributed by atoms with E-state index in [0.29, 0.717) is 18.7 Å². The highest BCUT2D eigenvalue weighted by Crippen LogP contribution is 2.27. The van der Waals surface area contributed by atoms with Gasteiger partial charge in [0, 0.05) is 38.1 Å². The lowest BCUT2D eigenvalue weighted by Crippen LogP contribution is -2.31. The van der Waals surface area contributed by atoms with Gasteiger partial charge in [0.05, 0.1) is 6.20 Å². The van der Waals surface area contributed by atoms with Gasteiger partial charge in [0.1, 0.15) is 5.69 Å². The third-order valence-corrected chi connectivity index (χ3v) is 3.74. The number of benzene rings is 1. The Morgan fingerprint density at radius 3 is 2.95 bits per heavy atom. The van der Waals surface area contributed by atoms with Gasteiger partial charge in [0.2, 0.25) is 5.91 Å². The van der Waals surface area contributed by atoms with E-state index in [1.54, 1.807) is 11.9 Å². The quantitative estimate of drug-likeness (QED) is 0.927. The standard InChI is InChI=1S/C16H16N4O2/c1-20-14-4-2-11(8-12(14)3-5-15(20)21)9-19-16(22)13-10-17-6-7-18-13/h2,4,6-8,10H,3,5,9H2,1H3,(H,19,22). The van der Waals surface area contributed by atoms with Gasteiger partial charge in [-0.3, -0.25) is 14.6 Å². The van der Waals surface area contributed by atoms with Gasteiger partial charge >= 0.3 is 0 Å². The summed E-state index contributed by atoms with van der Waals surface area (Å²) < 4.78 is 0. The van der Waals surface area contributed by atoms with Crippen molar-refractivity contribution in [3.63, 3.8) is 0 Å². The maximum Gasteiger partial charge on any atom is 0.271 e. The molecule has 0 atom stereocenters. The summed E-state index contributed by atoms with van der Waals surface area (Å²) in [6.45, 7) is 0.417. The van der Waals surface area contributed by atoms with Gasteiger partial charge in [0.25, 0.3) is 5.91 Å². The van der Waals surface area contributed by atoms with Crippen LogP contribution in [0.15, 0.2) is 36.8 Å². The molecule has 0 saturated carbocycles. The molecule has 1 aromatic carbocycles. The van der Waals surface area contributed by atoms with E-state index in [2.05, 4.69) is 15.3 Å². The van der Waals surface area contributed by atoms with Crippen molar-refractivity contribution in [2.24, 2.45) is 0 Å². The number of aromatic nitrogens is 2. The third kappa shape index (κ3) is 2.81. The van der Waals surface area contributed by atoms with E-state index in [-0.39, 0.29) is 11.8 Å². The number of carbonyl (C=O) groups is 2. The molecule has 0 fully saturated rings. The van der Waals surface area contributed by atoms with Crippen molar-refractivity contribution in [2.75, 3.05) is 11.9 Å². The fourth-order valence-electron chi connectivity index (χ4n) is 2.51. The first-order chi connectivity index (χ1) is 10.6. The zero-order valence-corrected chi connectivity index (χ0v) is 12.2. The molecule has 0 aliphatic carbocycles. The van der Waals surface area contributed by atoms with Gasteiger partial charge in [-0.15, -0.1) is 0 Å². The highest BCUT2D eigenvalue weighted by molar-refractivity contribution is 5.96. The molecule has 2 amide bonds. The van der Waals surface area contributed by atoms with E-state index in [1.807, 2.05) is 18.2 Å². The highest BCUT2D eigenvalue weighted by Gasteiger charge is 2.20. The van der Waals surface area contributed by atoms with Crippen LogP contribution in [-0.4, -0.2) is 28.8 Å². The van der Waals surface area contributed by atoms with Crippen molar-refractivity contribution in [3.05, 3.63) is 53.6 Å². The second-order valence-corrected chi connectivity index (χ2v) is 5.19. The van der Waals surface area contributed by atoms with Crippen LogP contribution in [0.1, 0.15) is 28.0 Å². The van der Waals surface area contributed by atoms with Gasteiger partial charge in [-0.05, 0) is 23.6 Å². The molecule has 6 heteroatoms. The zero-order valence-electron chi connectivity index (χ0n) is 12.2. The van der Waals surface area contributed by atoms with Crippen LogP contribution in [-0.2, 0) is 17.8 Å². The molecule has 1 aliphatic heterocycles. The van der Waals surface area contributed by atoms with Crippen molar-refractivity contribution in [2.45, 2.75) is 19.4 Å². The fraction of sp³-hybridized carbons (Fsp3) is 0.250. The zero-order chi connectivity index (χ0) is 15.5. The Labute approximate surface area is 128 Å². The predicted molar refractivity (Wildman–Crippen MR) is 81.4 cm³/mol. The highest BCUT2D eigenvalue weighted by atomic mass is 16.2. The molecule has 0 bridgehead atoms. The average Bonchev–Trinajstić information content (AvgIpc) is 2.57. The first-order valence-electron chi connectivity index (χ1n) is 7.08. The van der Waals surface area contributed by atoms with Crippen molar-refractivity contribution in [1.82, 2.24) is 15.3 Å². The second-order valence-electron chi connectivity index (χ2n) is 5.19. The number of anilines is 1. The second kappa shape index (κ2) is 5.93. The van der Waals surface area contributed by atoms with Crippen LogP contribution in [0.5, 0.6) is 0 Å². The summed E-state index contributed by atoms with van der Waals surface area (Å²) in [5, 5.41) is 2.82. The minimum absolute atomic E-state index is 0.135. The van der Waals surface area contributed by atoms with Gasteiger partial charge in [0.15, 0.2) is 0 Å². The summed E-state index contributed by atoms with van der Waals surface area (Å²) in [6.07, 6.45) is 5.71. The lowest BCUT2D eigenvalue weighted by atomic mass is 9.99. The number of carbonyl (C=O) groups excluding carboxylic acids is 2. The fourth-order valence-corrected chi connectivity index (χ4v) is 2.51. The molecule has 1 N–H and O–H groups in total. The van der Waals surface area contributed by atoms with E-state index in [0.717, 1.165) is 23.2 Å². The Morgan fingerprint density at radius 1 is 1.32 bits per heavy atom. The molecular weight excluding hydrogens is 280 g/mol. The molecule has 6 nitrogen and oxygen atoms in total. The van der Waals surface area contributed by atoms with Crippen molar-refractivity contribution in [3.8, 4) is 0 Å². The van der Waals surface area contributed by atoms with E-state index in [4.69, 9.17) is 0 Å². The summed E-state index contributed by atoms with van der Waals surface area (Å²) in [5.41, 5.74) is 3.37. The topological polar surface area (TPSA) is 75.2 Å². The summed E-state index contributed by atoms with van der Waals surface area (Å²) in [4.78, 5) is 33.1. The first kappa shape index (κ1) is 14.2. The monoisotopic (exact) mass is 296 g/mol. The van der Waals surface area contributed by atoms with E-state index in [9.17, 15) is 9.59 Å². The van der Waals surface area contributed by atoms with Crippen LogP contribution >= 0.6 is 0 Å². The Hall–Kier alpha value is -2.76. The Balaban J connectivity index is 1.69. The lowest BCUT2D eigenvalue weighted by molar-refractivity contribution is -0.118. The van der Waals surface area contributed by atoms with Gasteiger partial charge in [-0.1, -0.05) is 12.1 Å². The molecule has 0 radical (unpaired) electrons. The molecule has 0 saturated heterocycles. The third-order valence-electron chi connectivity index (χ3n) is 3.74. The maximum absolute atomic E-state index is 11.9.